The molecule has 5 heteroatoms. The van der Waals surface area contributed by atoms with Gasteiger partial charge < -0.3 is 10.4 Å². The first-order valence-corrected chi connectivity index (χ1v) is 8.16. The SMILES string of the molecule is Cc1csc(C(O)c2ccc3c(c2)C(=O)NCCC3)c1Cl. The summed E-state index contributed by atoms with van der Waals surface area (Å²) in [5.41, 5.74) is 3.36. The molecule has 2 aromatic rings. The number of halogens is 1. The van der Waals surface area contributed by atoms with E-state index in [0.717, 1.165) is 28.8 Å². The second-order valence-corrected chi connectivity index (χ2v) is 6.56. The van der Waals surface area contributed by atoms with Gasteiger partial charge in [-0.2, -0.15) is 0 Å². The van der Waals surface area contributed by atoms with Crippen LogP contribution in [0.1, 0.15) is 44.5 Å². The van der Waals surface area contributed by atoms with E-state index in [1.165, 1.54) is 11.3 Å². The van der Waals surface area contributed by atoms with Crippen molar-refractivity contribution >= 4 is 28.8 Å². The fourth-order valence-corrected chi connectivity index (χ4v) is 3.86. The normalized spacial score (nSPS) is 16.0. The van der Waals surface area contributed by atoms with Crippen molar-refractivity contribution in [2.24, 2.45) is 0 Å². The molecule has 1 aliphatic heterocycles. The summed E-state index contributed by atoms with van der Waals surface area (Å²) in [4.78, 5) is 12.8. The lowest BCUT2D eigenvalue weighted by atomic mass is 9.98. The predicted molar refractivity (Wildman–Crippen MR) is 85.2 cm³/mol. The van der Waals surface area contributed by atoms with Gasteiger partial charge in [0, 0.05) is 12.1 Å². The van der Waals surface area contributed by atoms with E-state index in [4.69, 9.17) is 11.6 Å². The second kappa shape index (κ2) is 5.79. The van der Waals surface area contributed by atoms with Crippen molar-refractivity contribution in [1.82, 2.24) is 5.32 Å². The Labute approximate surface area is 132 Å². The smallest absolute Gasteiger partial charge is 0.251 e. The lowest BCUT2D eigenvalue weighted by Crippen LogP contribution is -2.22. The number of benzene rings is 1. The van der Waals surface area contributed by atoms with Gasteiger partial charge in [0.05, 0.1) is 9.90 Å². The van der Waals surface area contributed by atoms with Crippen molar-refractivity contribution in [3.8, 4) is 0 Å². The molecule has 0 bridgehead atoms. The topological polar surface area (TPSA) is 49.3 Å². The van der Waals surface area contributed by atoms with Crippen LogP contribution in [0.15, 0.2) is 23.6 Å². The Morgan fingerprint density at radius 3 is 2.95 bits per heavy atom. The largest absolute Gasteiger partial charge is 0.383 e. The first-order valence-electron chi connectivity index (χ1n) is 6.90. The molecule has 0 fully saturated rings. The van der Waals surface area contributed by atoms with E-state index < -0.39 is 6.10 Å². The third kappa shape index (κ3) is 2.71. The third-order valence-electron chi connectivity index (χ3n) is 3.78. The van der Waals surface area contributed by atoms with E-state index in [1.807, 2.05) is 24.4 Å². The summed E-state index contributed by atoms with van der Waals surface area (Å²) in [5, 5.41) is 15.9. The number of hydrogen-bond donors (Lipinski definition) is 2. The number of aliphatic hydroxyl groups is 1. The number of nitrogens with one attached hydrogen (secondary N) is 1. The molecule has 3 nitrogen and oxygen atoms in total. The molecule has 2 heterocycles. The van der Waals surface area contributed by atoms with Crippen LogP contribution in [0.2, 0.25) is 5.02 Å². The number of amides is 1. The number of thiophene rings is 1. The summed E-state index contributed by atoms with van der Waals surface area (Å²) in [6.45, 7) is 2.61. The Hall–Kier alpha value is -1.36. The summed E-state index contributed by atoms with van der Waals surface area (Å²) in [5.74, 6) is -0.0648. The Kier molecular flexibility index (Phi) is 4.02. The highest BCUT2D eigenvalue weighted by atomic mass is 35.5. The summed E-state index contributed by atoms with van der Waals surface area (Å²) in [7, 11) is 0. The highest BCUT2D eigenvalue weighted by Gasteiger charge is 2.21. The maximum Gasteiger partial charge on any atom is 0.251 e. The van der Waals surface area contributed by atoms with E-state index in [-0.39, 0.29) is 5.91 Å². The van der Waals surface area contributed by atoms with Gasteiger partial charge in [-0.1, -0.05) is 23.7 Å². The van der Waals surface area contributed by atoms with Crippen LogP contribution in [0.4, 0.5) is 0 Å². The maximum atomic E-state index is 12.1. The zero-order valence-corrected chi connectivity index (χ0v) is 13.2. The molecule has 1 aromatic carbocycles. The van der Waals surface area contributed by atoms with Crippen LogP contribution in [-0.4, -0.2) is 17.6 Å². The van der Waals surface area contributed by atoms with Gasteiger partial charge in [0.1, 0.15) is 6.10 Å². The number of rotatable bonds is 2. The lowest BCUT2D eigenvalue weighted by molar-refractivity contribution is 0.0956. The van der Waals surface area contributed by atoms with Crippen LogP contribution in [0.5, 0.6) is 0 Å². The number of hydrogen-bond acceptors (Lipinski definition) is 3. The predicted octanol–water partition coefficient (Wildman–Crippen LogP) is 3.47. The molecule has 0 aliphatic carbocycles. The molecule has 21 heavy (non-hydrogen) atoms. The number of carbonyl (C=O) groups is 1. The fraction of sp³-hybridized carbons (Fsp3) is 0.312. The highest BCUT2D eigenvalue weighted by Crippen LogP contribution is 2.36. The summed E-state index contributed by atoms with van der Waals surface area (Å²) in [6.07, 6.45) is 1.03. The summed E-state index contributed by atoms with van der Waals surface area (Å²) in [6, 6.07) is 5.60. The molecular weight excluding hydrogens is 306 g/mol. The number of aliphatic hydroxyl groups excluding tert-OH is 1. The minimum atomic E-state index is -0.794. The van der Waals surface area contributed by atoms with Crippen LogP contribution in [-0.2, 0) is 6.42 Å². The van der Waals surface area contributed by atoms with Crippen molar-refractivity contribution in [1.29, 1.82) is 0 Å². The Balaban J connectivity index is 2.00. The Morgan fingerprint density at radius 2 is 2.24 bits per heavy atom. The molecule has 0 saturated carbocycles. The van der Waals surface area contributed by atoms with Crippen molar-refractivity contribution < 1.29 is 9.90 Å². The maximum absolute atomic E-state index is 12.1. The molecule has 1 atom stereocenters. The quantitative estimate of drug-likeness (QED) is 0.890. The molecule has 1 aliphatic rings. The molecule has 0 radical (unpaired) electrons. The standard InChI is InChI=1S/C16H16ClNO2S/c1-9-8-21-15(13(9)17)14(19)11-5-4-10-3-2-6-18-16(20)12(10)7-11/h4-5,7-8,14,19H,2-3,6H2,1H3,(H,18,20). The van der Waals surface area contributed by atoms with E-state index in [1.54, 1.807) is 6.07 Å². The van der Waals surface area contributed by atoms with Crippen LogP contribution >= 0.6 is 22.9 Å². The van der Waals surface area contributed by atoms with Crippen molar-refractivity contribution in [2.75, 3.05) is 6.54 Å². The summed E-state index contributed by atoms with van der Waals surface area (Å²) >= 11 is 7.66. The molecule has 1 unspecified atom stereocenters. The van der Waals surface area contributed by atoms with Gasteiger partial charge in [-0.15, -0.1) is 11.3 Å². The number of carbonyl (C=O) groups excluding carboxylic acids is 1. The molecule has 3 rings (SSSR count). The molecule has 0 saturated heterocycles. The van der Waals surface area contributed by atoms with Crippen LogP contribution in [0.3, 0.4) is 0 Å². The molecule has 2 N–H and O–H groups in total. The van der Waals surface area contributed by atoms with Crippen LogP contribution in [0.25, 0.3) is 0 Å². The third-order valence-corrected chi connectivity index (χ3v) is 5.54. The lowest BCUT2D eigenvalue weighted by Gasteiger charge is -2.13. The highest BCUT2D eigenvalue weighted by molar-refractivity contribution is 7.10. The van der Waals surface area contributed by atoms with Gasteiger partial charge in [-0.25, -0.2) is 0 Å². The molecule has 1 aromatic heterocycles. The van der Waals surface area contributed by atoms with Crippen molar-refractivity contribution in [3.05, 3.63) is 55.7 Å². The van der Waals surface area contributed by atoms with Gasteiger partial charge in [-0.3, -0.25) is 4.79 Å². The number of fused-ring (bicyclic) bond motifs is 1. The minimum Gasteiger partial charge on any atom is -0.383 e. The fourth-order valence-electron chi connectivity index (χ4n) is 2.56. The van der Waals surface area contributed by atoms with Gasteiger partial charge >= 0.3 is 0 Å². The Bertz CT molecular complexity index is 696. The zero-order chi connectivity index (χ0) is 15.0. The van der Waals surface area contributed by atoms with E-state index >= 15 is 0 Å². The van der Waals surface area contributed by atoms with E-state index in [9.17, 15) is 9.90 Å². The first kappa shape index (κ1) is 14.6. The van der Waals surface area contributed by atoms with E-state index in [0.29, 0.717) is 22.7 Å². The zero-order valence-electron chi connectivity index (χ0n) is 11.6. The van der Waals surface area contributed by atoms with Crippen molar-refractivity contribution in [3.63, 3.8) is 0 Å². The first-order chi connectivity index (χ1) is 10.1. The average Bonchev–Trinajstić information content (AvgIpc) is 2.71. The van der Waals surface area contributed by atoms with Gasteiger partial charge in [0.15, 0.2) is 0 Å². The molecular formula is C16H16ClNO2S. The van der Waals surface area contributed by atoms with Crippen molar-refractivity contribution in [2.45, 2.75) is 25.9 Å². The minimum absolute atomic E-state index is 0.0648. The summed E-state index contributed by atoms with van der Waals surface area (Å²) < 4.78 is 0. The molecule has 0 spiro atoms. The average molecular weight is 322 g/mol. The van der Waals surface area contributed by atoms with Crippen LogP contribution in [0, 0.1) is 6.92 Å². The number of aryl methyl sites for hydroxylation is 2. The monoisotopic (exact) mass is 321 g/mol. The van der Waals surface area contributed by atoms with Crippen LogP contribution < -0.4 is 5.32 Å². The molecule has 1 amide bonds. The second-order valence-electron chi connectivity index (χ2n) is 5.28. The Morgan fingerprint density at radius 1 is 1.43 bits per heavy atom. The van der Waals surface area contributed by atoms with Gasteiger partial charge in [0.25, 0.3) is 5.91 Å². The van der Waals surface area contributed by atoms with Gasteiger partial charge in [0.2, 0.25) is 0 Å². The molecule has 110 valence electrons. The van der Waals surface area contributed by atoms with Gasteiger partial charge in [-0.05, 0) is 47.9 Å². The van der Waals surface area contributed by atoms with E-state index in [2.05, 4.69) is 5.32 Å².